The van der Waals surface area contributed by atoms with Gasteiger partial charge in [-0.2, -0.15) is 0 Å². The predicted octanol–water partition coefficient (Wildman–Crippen LogP) is 3.56. The average molecular weight is 229 g/mol. The van der Waals surface area contributed by atoms with Gasteiger partial charge in [-0.15, -0.1) is 0 Å². The molecule has 1 saturated heterocycles. The van der Waals surface area contributed by atoms with Crippen LogP contribution in [0, 0.1) is 5.41 Å². The van der Waals surface area contributed by atoms with Crippen molar-refractivity contribution in [3.05, 3.63) is 0 Å². The van der Waals surface area contributed by atoms with Gasteiger partial charge in [-0.1, -0.05) is 34.1 Å². The fraction of sp³-hybridized carbons (Fsp3) is 1.00. The largest absolute Gasteiger partial charge is 0.380 e. The Balaban J connectivity index is 0.00000106. The molecule has 0 spiro atoms. The maximum Gasteiger partial charge on any atom is 0.0545 e. The first-order valence-electron chi connectivity index (χ1n) is 6.99. The summed E-state index contributed by atoms with van der Waals surface area (Å²) in [7, 11) is 2.22. The maximum absolute atomic E-state index is 5.36. The molecule has 0 N–H and O–H groups in total. The summed E-state index contributed by atoms with van der Waals surface area (Å²) < 4.78 is 5.36. The number of rotatable bonds is 7. The van der Waals surface area contributed by atoms with Crippen LogP contribution in [0.4, 0.5) is 0 Å². The van der Waals surface area contributed by atoms with Crippen LogP contribution in [-0.2, 0) is 4.74 Å². The summed E-state index contributed by atoms with van der Waals surface area (Å²) in [6, 6.07) is 0. The van der Waals surface area contributed by atoms with Crippen LogP contribution in [0.25, 0.3) is 0 Å². The van der Waals surface area contributed by atoms with E-state index in [-0.39, 0.29) is 0 Å². The lowest BCUT2D eigenvalue weighted by Gasteiger charge is -2.42. The van der Waals surface area contributed by atoms with Gasteiger partial charge in [0, 0.05) is 5.41 Å². The smallest absolute Gasteiger partial charge is 0.0545 e. The molecule has 2 nitrogen and oxygen atoms in total. The lowest BCUT2D eigenvalue weighted by atomic mass is 9.78. The van der Waals surface area contributed by atoms with Gasteiger partial charge in [0.15, 0.2) is 0 Å². The second-order valence-electron chi connectivity index (χ2n) is 4.80. The summed E-state index contributed by atoms with van der Waals surface area (Å²) in [4.78, 5) is 2.44. The zero-order valence-corrected chi connectivity index (χ0v) is 12.0. The Morgan fingerprint density at radius 3 is 2.00 bits per heavy atom. The third-order valence-corrected chi connectivity index (χ3v) is 3.23. The van der Waals surface area contributed by atoms with Crippen LogP contribution in [-0.4, -0.2) is 38.3 Å². The fourth-order valence-corrected chi connectivity index (χ4v) is 2.26. The van der Waals surface area contributed by atoms with Crippen LogP contribution in [0.15, 0.2) is 0 Å². The van der Waals surface area contributed by atoms with Gasteiger partial charge in [-0.05, 0) is 39.4 Å². The molecule has 1 rings (SSSR count). The number of nitrogens with zero attached hydrogens (tertiary/aromatic N) is 1. The van der Waals surface area contributed by atoms with E-state index in [1.165, 1.54) is 38.8 Å². The van der Waals surface area contributed by atoms with E-state index in [0.29, 0.717) is 5.41 Å². The van der Waals surface area contributed by atoms with Crippen LogP contribution in [0.5, 0.6) is 0 Å². The van der Waals surface area contributed by atoms with E-state index in [0.717, 1.165) is 13.2 Å². The molecule has 16 heavy (non-hydrogen) atoms. The Hall–Kier alpha value is -0.0800. The molecule has 0 aromatic rings. The minimum Gasteiger partial charge on any atom is -0.380 e. The maximum atomic E-state index is 5.36. The predicted molar refractivity (Wildman–Crippen MR) is 71.9 cm³/mol. The molecule has 0 bridgehead atoms. The molecule has 0 unspecified atom stereocenters. The van der Waals surface area contributed by atoms with E-state index in [2.05, 4.69) is 25.8 Å². The monoisotopic (exact) mass is 229 g/mol. The van der Waals surface area contributed by atoms with E-state index in [9.17, 15) is 0 Å². The van der Waals surface area contributed by atoms with E-state index in [1.54, 1.807) is 0 Å². The van der Waals surface area contributed by atoms with Crippen molar-refractivity contribution in [2.75, 3.05) is 33.4 Å². The van der Waals surface area contributed by atoms with Crippen LogP contribution < -0.4 is 0 Å². The molecule has 1 fully saturated rings. The first kappa shape index (κ1) is 15.9. The van der Waals surface area contributed by atoms with Crippen LogP contribution >= 0.6 is 0 Å². The van der Waals surface area contributed by atoms with Crippen molar-refractivity contribution >= 4 is 0 Å². The highest BCUT2D eigenvalue weighted by Crippen LogP contribution is 2.36. The van der Waals surface area contributed by atoms with Gasteiger partial charge in [0.2, 0.25) is 0 Å². The Morgan fingerprint density at radius 2 is 1.62 bits per heavy atom. The van der Waals surface area contributed by atoms with Crippen molar-refractivity contribution in [1.29, 1.82) is 0 Å². The Bertz CT molecular complexity index is 155. The Kier molecular flexibility index (Phi) is 8.96. The summed E-state index contributed by atoms with van der Waals surface area (Å²) in [5.41, 5.74) is 0.538. The molecular weight excluding hydrogens is 198 g/mol. The quantitative estimate of drug-likeness (QED) is 0.662. The minimum absolute atomic E-state index is 0.538. The van der Waals surface area contributed by atoms with Crippen LogP contribution in [0.2, 0.25) is 0 Å². The first-order valence-corrected chi connectivity index (χ1v) is 6.99. The van der Waals surface area contributed by atoms with Crippen molar-refractivity contribution in [2.45, 2.75) is 53.4 Å². The topological polar surface area (TPSA) is 12.5 Å². The molecule has 0 amide bonds. The normalized spacial score (nSPS) is 17.6. The zero-order chi connectivity index (χ0) is 12.4. The number of ether oxygens (including phenoxy) is 1. The summed E-state index contributed by atoms with van der Waals surface area (Å²) in [6.45, 7) is 13.0. The lowest BCUT2D eigenvalue weighted by Crippen LogP contribution is -2.44. The van der Waals surface area contributed by atoms with Crippen molar-refractivity contribution < 1.29 is 4.74 Å². The fourth-order valence-electron chi connectivity index (χ4n) is 2.26. The van der Waals surface area contributed by atoms with Crippen LogP contribution in [0.1, 0.15) is 53.4 Å². The molecule has 0 aliphatic carbocycles. The Labute approximate surface area is 102 Å². The van der Waals surface area contributed by atoms with Gasteiger partial charge in [0.1, 0.15) is 0 Å². The highest BCUT2D eigenvalue weighted by molar-refractivity contribution is 4.85. The number of hydrogen-bond acceptors (Lipinski definition) is 2. The minimum atomic E-state index is 0.538. The average Bonchev–Trinajstić information content (AvgIpc) is 2.25. The molecule has 0 aromatic heterocycles. The standard InChI is InChI=1S/C12H25NO.C2H6/c1-4-6-12(10-14-11-12)7-9-13(3)8-5-2;1-2/h4-11H2,1-3H3;1-2H3. The van der Waals surface area contributed by atoms with Crippen molar-refractivity contribution in [3.63, 3.8) is 0 Å². The van der Waals surface area contributed by atoms with Gasteiger partial charge >= 0.3 is 0 Å². The van der Waals surface area contributed by atoms with E-state index < -0.39 is 0 Å². The second kappa shape index (κ2) is 9.00. The van der Waals surface area contributed by atoms with Crippen molar-refractivity contribution in [1.82, 2.24) is 4.90 Å². The number of hydrogen-bond donors (Lipinski definition) is 0. The third-order valence-electron chi connectivity index (χ3n) is 3.23. The zero-order valence-electron chi connectivity index (χ0n) is 12.0. The molecule has 1 heterocycles. The van der Waals surface area contributed by atoms with Crippen LogP contribution in [0.3, 0.4) is 0 Å². The molecule has 98 valence electrons. The summed E-state index contributed by atoms with van der Waals surface area (Å²) in [6.07, 6.45) is 5.21. The molecule has 2 heteroatoms. The third kappa shape index (κ3) is 5.31. The van der Waals surface area contributed by atoms with Gasteiger partial charge in [-0.3, -0.25) is 0 Å². The molecule has 0 aromatic carbocycles. The Morgan fingerprint density at radius 1 is 1.00 bits per heavy atom. The second-order valence-corrected chi connectivity index (χ2v) is 4.80. The van der Waals surface area contributed by atoms with Crippen molar-refractivity contribution in [3.8, 4) is 0 Å². The SMILES string of the molecule is CC.CCCN(C)CCC1(CCC)COC1. The molecule has 0 radical (unpaired) electrons. The van der Waals surface area contributed by atoms with Gasteiger partial charge in [0.25, 0.3) is 0 Å². The molecule has 0 atom stereocenters. The molecule has 1 aliphatic rings. The van der Waals surface area contributed by atoms with Gasteiger partial charge < -0.3 is 9.64 Å². The molecular formula is C14H31NO. The molecule has 1 aliphatic heterocycles. The first-order chi connectivity index (χ1) is 7.72. The van der Waals surface area contributed by atoms with Gasteiger partial charge in [0.05, 0.1) is 13.2 Å². The lowest BCUT2D eigenvalue weighted by molar-refractivity contribution is -0.124. The summed E-state index contributed by atoms with van der Waals surface area (Å²) >= 11 is 0. The summed E-state index contributed by atoms with van der Waals surface area (Å²) in [5.74, 6) is 0. The van der Waals surface area contributed by atoms with E-state index >= 15 is 0 Å². The summed E-state index contributed by atoms with van der Waals surface area (Å²) in [5, 5.41) is 0. The van der Waals surface area contributed by atoms with Gasteiger partial charge in [-0.25, -0.2) is 0 Å². The van der Waals surface area contributed by atoms with E-state index in [4.69, 9.17) is 4.74 Å². The van der Waals surface area contributed by atoms with E-state index in [1.807, 2.05) is 13.8 Å². The van der Waals surface area contributed by atoms with Crippen molar-refractivity contribution in [2.24, 2.45) is 5.41 Å². The molecule has 0 saturated carbocycles. The highest BCUT2D eigenvalue weighted by atomic mass is 16.5. The highest BCUT2D eigenvalue weighted by Gasteiger charge is 2.37.